The standard InChI is InChI=1S/C19H26N2O4/c1-3-13(2)17(18(23)21-11-7-10-15(21)19(24)25)20-16(22)12-14-8-5-4-6-9-14/h4-6,8-9,13,15,17H,3,7,10-12H2,1-2H3,(H,20,22)(H,24,25)/t13?,15-,17?/m0/s1. The van der Waals surface area contributed by atoms with E-state index in [1.54, 1.807) is 0 Å². The molecule has 1 aromatic rings. The van der Waals surface area contributed by atoms with Crippen LogP contribution in [0.1, 0.15) is 38.7 Å². The van der Waals surface area contributed by atoms with E-state index in [1.807, 2.05) is 44.2 Å². The highest BCUT2D eigenvalue weighted by Crippen LogP contribution is 2.21. The third kappa shape index (κ3) is 4.81. The Hall–Kier alpha value is -2.37. The number of rotatable bonds is 7. The van der Waals surface area contributed by atoms with Gasteiger partial charge in [-0.3, -0.25) is 9.59 Å². The fraction of sp³-hybridized carbons (Fsp3) is 0.526. The molecule has 1 saturated heterocycles. The molecule has 6 nitrogen and oxygen atoms in total. The maximum Gasteiger partial charge on any atom is 0.326 e. The highest BCUT2D eigenvalue weighted by molar-refractivity contribution is 5.91. The second-order valence-electron chi connectivity index (χ2n) is 6.62. The van der Waals surface area contributed by atoms with E-state index in [2.05, 4.69) is 5.32 Å². The molecule has 0 saturated carbocycles. The number of likely N-dealkylation sites (tertiary alicyclic amines) is 1. The van der Waals surface area contributed by atoms with Crippen molar-refractivity contribution < 1.29 is 19.5 Å². The van der Waals surface area contributed by atoms with Crippen molar-refractivity contribution in [2.24, 2.45) is 5.92 Å². The van der Waals surface area contributed by atoms with Gasteiger partial charge >= 0.3 is 5.97 Å². The van der Waals surface area contributed by atoms with Gasteiger partial charge in [0.1, 0.15) is 12.1 Å². The van der Waals surface area contributed by atoms with E-state index < -0.39 is 18.1 Å². The molecule has 1 aliphatic heterocycles. The molecule has 136 valence electrons. The number of aliphatic carboxylic acids is 1. The molecule has 6 heteroatoms. The first kappa shape index (κ1) is 19.0. The van der Waals surface area contributed by atoms with E-state index in [9.17, 15) is 19.5 Å². The molecule has 1 heterocycles. The Bertz CT molecular complexity index is 617. The van der Waals surface area contributed by atoms with Crippen molar-refractivity contribution in [3.63, 3.8) is 0 Å². The van der Waals surface area contributed by atoms with Gasteiger partial charge in [0.05, 0.1) is 6.42 Å². The molecule has 0 bridgehead atoms. The Labute approximate surface area is 148 Å². The summed E-state index contributed by atoms with van der Waals surface area (Å²) in [5.74, 6) is -1.57. The van der Waals surface area contributed by atoms with Crippen molar-refractivity contribution in [3.05, 3.63) is 35.9 Å². The fourth-order valence-electron chi connectivity index (χ4n) is 3.15. The maximum atomic E-state index is 12.9. The van der Waals surface area contributed by atoms with E-state index in [4.69, 9.17) is 0 Å². The lowest BCUT2D eigenvalue weighted by atomic mass is 9.97. The van der Waals surface area contributed by atoms with Gasteiger partial charge in [-0.05, 0) is 24.3 Å². The first-order valence-electron chi connectivity index (χ1n) is 8.80. The number of carboxylic acid groups (broad SMARTS) is 1. The zero-order chi connectivity index (χ0) is 18.4. The van der Waals surface area contributed by atoms with Crippen LogP contribution in [0.2, 0.25) is 0 Å². The number of nitrogens with one attached hydrogen (secondary N) is 1. The normalized spacial score (nSPS) is 19.3. The molecule has 2 N–H and O–H groups in total. The first-order valence-corrected chi connectivity index (χ1v) is 8.80. The molecule has 0 spiro atoms. The van der Waals surface area contributed by atoms with Gasteiger partial charge in [-0.1, -0.05) is 50.6 Å². The molecule has 2 rings (SSSR count). The van der Waals surface area contributed by atoms with E-state index in [0.29, 0.717) is 25.8 Å². The number of carbonyl (C=O) groups excluding carboxylic acids is 2. The van der Waals surface area contributed by atoms with Crippen molar-refractivity contribution in [1.82, 2.24) is 10.2 Å². The summed E-state index contributed by atoms with van der Waals surface area (Å²) in [5.41, 5.74) is 0.875. The summed E-state index contributed by atoms with van der Waals surface area (Å²) < 4.78 is 0. The Morgan fingerprint density at radius 2 is 1.96 bits per heavy atom. The Kier molecular flexibility index (Phi) is 6.56. The highest BCUT2D eigenvalue weighted by Gasteiger charge is 2.38. The number of carboxylic acids is 1. The number of benzene rings is 1. The summed E-state index contributed by atoms with van der Waals surface area (Å²) in [7, 11) is 0. The second-order valence-corrected chi connectivity index (χ2v) is 6.62. The summed E-state index contributed by atoms with van der Waals surface area (Å²) in [6.45, 7) is 4.28. The van der Waals surface area contributed by atoms with Crippen LogP contribution in [0.5, 0.6) is 0 Å². The van der Waals surface area contributed by atoms with Crippen LogP contribution in [0.3, 0.4) is 0 Å². The molecule has 3 atom stereocenters. The van der Waals surface area contributed by atoms with Gasteiger partial charge < -0.3 is 15.3 Å². The van der Waals surface area contributed by atoms with Gasteiger partial charge in [0.15, 0.2) is 0 Å². The van der Waals surface area contributed by atoms with Crippen LogP contribution in [0.4, 0.5) is 0 Å². The Morgan fingerprint density at radius 3 is 2.56 bits per heavy atom. The lowest BCUT2D eigenvalue weighted by Gasteiger charge is -2.30. The van der Waals surface area contributed by atoms with E-state index in [0.717, 1.165) is 5.56 Å². The summed E-state index contributed by atoms with van der Waals surface area (Å²) in [5, 5.41) is 12.1. The topological polar surface area (TPSA) is 86.7 Å². The lowest BCUT2D eigenvalue weighted by molar-refractivity contribution is -0.150. The number of amides is 2. The zero-order valence-corrected chi connectivity index (χ0v) is 14.8. The Balaban J connectivity index is 2.09. The van der Waals surface area contributed by atoms with Crippen molar-refractivity contribution in [2.75, 3.05) is 6.54 Å². The first-order chi connectivity index (χ1) is 11.9. The monoisotopic (exact) mass is 346 g/mol. The molecule has 1 fully saturated rings. The van der Waals surface area contributed by atoms with Crippen LogP contribution in [-0.4, -0.2) is 46.4 Å². The van der Waals surface area contributed by atoms with Crippen molar-refractivity contribution in [3.8, 4) is 0 Å². The van der Waals surface area contributed by atoms with Crippen molar-refractivity contribution in [1.29, 1.82) is 0 Å². The van der Waals surface area contributed by atoms with Gasteiger partial charge in [0.25, 0.3) is 0 Å². The molecular formula is C19H26N2O4. The Morgan fingerprint density at radius 1 is 1.28 bits per heavy atom. The molecule has 1 aliphatic rings. The summed E-state index contributed by atoms with van der Waals surface area (Å²) in [6.07, 6.45) is 2.05. The van der Waals surface area contributed by atoms with Gasteiger partial charge in [-0.15, -0.1) is 0 Å². The fourth-order valence-corrected chi connectivity index (χ4v) is 3.15. The van der Waals surface area contributed by atoms with Crippen LogP contribution in [-0.2, 0) is 20.8 Å². The molecule has 0 aliphatic carbocycles. The van der Waals surface area contributed by atoms with Crippen molar-refractivity contribution >= 4 is 17.8 Å². The largest absolute Gasteiger partial charge is 0.480 e. The average Bonchev–Trinajstić information content (AvgIpc) is 3.09. The zero-order valence-electron chi connectivity index (χ0n) is 14.8. The van der Waals surface area contributed by atoms with E-state index in [1.165, 1.54) is 4.90 Å². The molecule has 1 aromatic carbocycles. The maximum absolute atomic E-state index is 12.9. The highest BCUT2D eigenvalue weighted by atomic mass is 16.4. The van der Waals surface area contributed by atoms with E-state index >= 15 is 0 Å². The second kappa shape index (κ2) is 8.65. The minimum atomic E-state index is -0.982. The minimum absolute atomic E-state index is 0.0673. The number of nitrogens with zero attached hydrogens (tertiary/aromatic N) is 1. The lowest BCUT2D eigenvalue weighted by Crippen LogP contribution is -2.54. The molecule has 25 heavy (non-hydrogen) atoms. The van der Waals surface area contributed by atoms with Crippen molar-refractivity contribution in [2.45, 2.75) is 51.6 Å². The average molecular weight is 346 g/mol. The molecule has 0 radical (unpaired) electrons. The van der Waals surface area contributed by atoms with Crippen LogP contribution in [0.25, 0.3) is 0 Å². The summed E-state index contributed by atoms with van der Waals surface area (Å²) in [4.78, 5) is 38.0. The predicted molar refractivity (Wildman–Crippen MR) is 93.9 cm³/mol. The van der Waals surface area contributed by atoms with Gasteiger partial charge in [-0.25, -0.2) is 4.79 Å². The number of hydrogen-bond acceptors (Lipinski definition) is 3. The number of hydrogen-bond donors (Lipinski definition) is 2. The third-order valence-electron chi connectivity index (χ3n) is 4.82. The molecule has 2 unspecified atom stereocenters. The van der Waals surface area contributed by atoms with Gasteiger partial charge in [-0.2, -0.15) is 0 Å². The van der Waals surface area contributed by atoms with E-state index in [-0.39, 0.29) is 24.2 Å². The molecule has 2 amide bonds. The van der Waals surface area contributed by atoms with Gasteiger partial charge in [0, 0.05) is 6.54 Å². The third-order valence-corrected chi connectivity index (χ3v) is 4.82. The minimum Gasteiger partial charge on any atom is -0.480 e. The van der Waals surface area contributed by atoms with Crippen LogP contribution in [0, 0.1) is 5.92 Å². The summed E-state index contributed by atoms with van der Waals surface area (Å²) in [6, 6.07) is 7.85. The van der Waals surface area contributed by atoms with Crippen LogP contribution >= 0.6 is 0 Å². The molecular weight excluding hydrogens is 320 g/mol. The summed E-state index contributed by atoms with van der Waals surface area (Å²) >= 11 is 0. The smallest absolute Gasteiger partial charge is 0.326 e. The van der Waals surface area contributed by atoms with Crippen LogP contribution < -0.4 is 5.32 Å². The quantitative estimate of drug-likeness (QED) is 0.789. The SMILES string of the molecule is CCC(C)C(NC(=O)Cc1ccccc1)C(=O)N1CCC[C@H]1C(=O)O. The van der Waals surface area contributed by atoms with Gasteiger partial charge in [0.2, 0.25) is 11.8 Å². The number of carbonyl (C=O) groups is 3. The predicted octanol–water partition coefficient (Wildman–Crippen LogP) is 1.84. The molecule has 0 aromatic heterocycles. The van der Waals surface area contributed by atoms with Crippen LogP contribution in [0.15, 0.2) is 30.3 Å².